The highest BCUT2D eigenvalue weighted by Crippen LogP contribution is 2.21. The molecule has 1 atom stereocenters. The molecule has 0 bridgehead atoms. The van der Waals surface area contributed by atoms with Gasteiger partial charge in [0.05, 0.1) is 17.8 Å². The molecule has 3 heterocycles. The number of carbonyl (C=O) groups excluding carboxylic acids is 1. The van der Waals surface area contributed by atoms with Gasteiger partial charge in [0.15, 0.2) is 0 Å². The van der Waals surface area contributed by atoms with E-state index >= 15 is 0 Å². The summed E-state index contributed by atoms with van der Waals surface area (Å²) in [5.74, 6) is 0.223. The van der Waals surface area contributed by atoms with E-state index in [4.69, 9.17) is 0 Å². The van der Waals surface area contributed by atoms with E-state index in [0.717, 1.165) is 37.1 Å². The zero-order valence-electron chi connectivity index (χ0n) is 17.9. The molecule has 1 aromatic heterocycles. The van der Waals surface area contributed by atoms with Gasteiger partial charge in [0.1, 0.15) is 0 Å². The molecular formula is C22H34N6O. The van der Waals surface area contributed by atoms with E-state index in [-0.39, 0.29) is 11.9 Å². The number of nitrogens with zero attached hydrogens (tertiary/aromatic N) is 4. The molecule has 0 saturated carbocycles. The number of hydrogen-bond acceptors (Lipinski definition) is 5. The summed E-state index contributed by atoms with van der Waals surface area (Å²) in [6.07, 6.45) is 5.05. The van der Waals surface area contributed by atoms with Crippen LogP contribution in [0.1, 0.15) is 24.0 Å². The molecule has 2 aromatic rings. The highest BCUT2D eigenvalue weighted by atomic mass is 16.2. The summed E-state index contributed by atoms with van der Waals surface area (Å²) in [5.41, 5.74) is 3.42. The van der Waals surface area contributed by atoms with Crippen molar-refractivity contribution in [2.75, 3.05) is 53.4 Å². The largest absolute Gasteiger partial charge is 0.339 e. The van der Waals surface area contributed by atoms with Crippen molar-refractivity contribution in [1.82, 2.24) is 30.2 Å². The van der Waals surface area contributed by atoms with Crippen LogP contribution >= 0.6 is 0 Å². The summed E-state index contributed by atoms with van der Waals surface area (Å²) in [7, 11) is 4.09. The predicted molar refractivity (Wildman–Crippen MR) is 116 cm³/mol. The van der Waals surface area contributed by atoms with E-state index in [0.29, 0.717) is 12.5 Å². The molecule has 2 aliphatic rings. The van der Waals surface area contributed by atoms with Crippen LogP contribution in [0.25, 0.3) is 10.9 Å². The van der Waals surface area contributed by atoms with E-state index < -0.39 is 0 Å². The lowest BCUT2D eigenvalue weighted by atomic mass is 10.00. The number of aromatic nitrogens is 2. The fourth-order valence-electron chi connectivity index (χ4n) is 4.87. The van der Waals surface area contributed by atoms with Crippen LogP contribution in [-0.2, 0) is 11.2 Å². The number of likely N-dealkylation sites (tertiary alicyclic amines) is 1. The Morgan fingerprint density at radius 3 is 2.62 bits per heavy atom. The van der Waals surface area contributed by atoms with Crippen molar-refractivity contribution in [2.45, 2.75) is 38.3 Å². The molecule has 2 N–H and O–H groups in total. The number of aryl methyl sites for hydroxylation is 1. The fourth-order valence-corrected chi connectivity index (χ4v) is 4.87. The zero-order valence-corrected chi connectivity index (χ0v) is 17.9. The van der Waals surface area contributed by atoms with Crippen LogP contribution in [0.2, 0.25) is 0 Å². The Kier molecular flexibility index (Phi) is 6.18. The zero-order chi connectivity index (χ0) is 20.4. The Labute approximate surface area is 173 Å². The smallest absolute Gasteiger partial charge is 0.240 e. The van der Waals surface area contributed by atoms with Crippen molar-refractivity contribution in [1.29, 1.82) is 0 Å². The third kappa shape index (κ3) is 4.47. The van der Waals surface area contributed by atoms with Gasteiger partial charge in [-0.3, -0.25) is 14.8 Å². The predicted octanol–water partition coefficient (Wildman–Crippen LogP) is 1.24. The van der Waals surface area contributed by atoms with E-state index in [1.807, 2.05) is 13.2 Å². The Morgan fingerprint density at radius 2 is 1.93 bits per heavy atom. The number of piperidine rings is 1. The number of aromatic amines is 1. The SMILES string of the molecule is CNC(Cc1cc(C)c2[nH]ncc2c1)C(=O)N1CCN(C2CCN(C)CC2)CC1. The minimum absolute atomic E-state index is 0.186. The molecule has 2 aliphatic heterocycles. The molecular weight excluding hydrogens is 364 g/mol. The van der Waals surface area contributed by atoms with E-state index in [1.165, 1.54) is 37.1 Å². The lowest BCUT2D eigenvalue weighted by Crippen LogP contribution is -2.57. The number of carbonyl (C=O) groups is 1. The van der Waals surface area contributed by atoms with E-state index in [1.54, 1.807) is 0 Å². The van der Waals surface area contributed by atoms with Gasteiger partial charge < -0.3 is 15.1 Å². The average molecular weight is 399 g/mol. The molecule has 0 radical (unpaired) electrons. The first-order valence-corrected chi connectivity index (χ1v) is 10.9. The van der Waals surface area contributed by atoms with Gasteiger partial charge >= 0.3 is 0 Å². The first-order valence-electron chi connectivity index (χ1n) is 10.9. The number of nitrogens with one attached hydrogen (secondary N) is 2. The maximum atomic E-state index is 13.2. The first kappa shape index (κ1) is 20.3. The molecule has 0 spiro atoms. The Bertz CT molecular complexity index is 833. The number of rotatable bonds is 5. The third-order valence-corrected chi connectivity index (χ3v) is 6.72. The molecule has 0 aliphatic carbocycles. The normalized spacial score (nSPS) is 21.0. The lowest BCUT2D eigenvalue weighted by molar-refractivity contribution is -0.135. The first-order chi connectivity index (χ1) is 14.0. The second kappa shape index (κ2) is 8.81. The summed E-state index contributed by atoms with van der Waals surface area (Å²) >= 11 is 0. The maximum absolute atomic E-state index is 13.2. The summed E-state index contributed by atoms with van der Waals surface area (Å²) in [6, 6.07) is 4.80. The van der Waals surface area contributed by atoms with Crippen molar-refractivity contribution in [2.24, 2.45) is 0 Å². The number of piperazine rings is 1. The molecule has 7 heteroatoms. The Hall–Kier alpha value is -1.96. The highest BCUT2D eigenvalue weighted by molar-refractivity contribution is 5.84. The van der Waals surface area contributed by atoms with Gasteiger partial charge in [-0.25, -0.2) is 0 Å². The van der Waals surface area contributed by atoms with Gasteiger partial charge in [0.2, 0.25) is 5.91 Å². The molecule has 2 saturated heterocycles. The summed E-state index contributed by atoms with van der Waals surface area (Å²) < 4.78 is 0. The van der Waals surface area contributed by atoms with Crippen LogP contribution in [0.4, 0.5) is 0 Å². The van der Waals surface area contributed by atoms with Gasteiger partial charge in [-0.2, -0.15) is 5.10 Å². The minimum Gasteiger partial charge on any atom is -0.339 e. The molecule has 2 fully saturated rings. The molecule has 1 unspecified atom stereocenters. The van der Waals surface area contributed by atoms with Crippen LogP contribution in [0, 0.1) is 6.92 Å². The van der Waals surface area contributed by atoms with Crippen molar-refractivity contribution in [3.05, 3.63) is 29.5 Å². The number of H-pyrrole nitrogens is 1. The van der Waals surface area contributed by atoms with Crippen LogP contribution in [0.15, 0.2) is 18.3 Å². The van der Waals surface area contributed by atoms with Crippen molar-refractivity contribution in [3.8, 4) is 0 Å². The number of hydrogen-bond donors (Lipinski definition) is 2. The molecule has 158 valence electrons. The number of amides is 1. The second-order valence-electron chi connectivity index (χ2n) is 8.69. The van der Waals surface area contributed by atoms with Crippen molar-refractivity contribution >= 4 is 16.8 Å². The topological polar surface area (TPSA) is 67.5 Å². The second-order valence-corrected chi connectivity index (χ2v) is 8.69. The van der Waals surface area contributed by atoms with Gasteiger partial charge in [-0.15, -0.1) is 0 Å². The number of fused-ring (bicyclic) bond motifs is 1. The lowest BCUT2D eigenvalue weighted by Gasteiger charge is -2.42. The minimum atomic E-state index is -0.186. The summed E-state index contributed by atoms with van der Waals surface area (Å²) in [4.78, 5) is 20.2. The average Bonchev–Trinajstić information content (AvgIpc) is 3.21. The molecule has 29 heavy (non-hydrogen) atoms. The van der Waals surface area contributed by atoms with Gasteiger partial charge in [-0.05, 0) is 70.6 Å². The summed E-state index contributed by atoms with van der Waals surface area (Å²) in [6.45, 7) is 8.13. The fraction of sp³-hybridized carbons (Fsp3) is 0.636. The van der Waals surface area contributed by atoms with Crippen molar-refractivity contribution < 1.29 is 4.79 Å². The molecule has 1 aromatic carbocycles. The Balaban J connectivity index is 1.35. The van der Waals surface area contributed by atoms with Crippen molar-refractivity contribution in [3.63, 3.8) is 0 Å². The maximum Gasteiger partial charge on any atom is 0.240 e. The van der Waals surface area contributed by atoms with Crippen LogP contribution in [-0.4, -0.2) is 96.3 Å². The van der Waals surface area contributed by atoms with E-state index in [2.05, 4.69) is 56.3 Å². The number of likely N-dealkylation sites (N-methyl/N-ethyl adjacent to an activating group) is 1. The van der Waals surface area contributed by atoms with Crippen LogP contribution in [0.5, 0.6) is 0 Å². The molecule has 4 rings (SSSR count). The highest BCUT2D eigenvalue weighted by Gasteiger charge is 2.30. The van der Waals surface area contributed by atoms with Gasteiger partial charge in [0.25, 0.3) is 0 Å². The van der Waals surface area contributed by atoms with Gasteiger partial charge in [-0.1, -0.05) is 6.07 Å². The molecule has 1 amide bonds. The Morgan fingerprint density at radius 1 is 1.21 bits per heavy atom. The van der Waals surface area contributed by atoms with Crippen LogP contribution in [0.3, 0.4) is 0 Å². The third-order valence-electron chi connectivity index (χ3n) is 6.72. The summed E-state index contributed by atoms with van der Waals surface area (Å²) in [5, 5.41) is 11.5. The van der Waals surface area contributed by atoms with Gasteiger partial charge in [0, 0.05) is 37.6 Å². The molecule has 7 nitrogen and oxygen atoms in total. The quantitative estimate of drug-likeness (QED) is 0.793. The monoisotopic (exact) mass is 398 g/mol. The van der Waals surface area contributed by atoms with Crippen LogP contribution < -0.4 is 5.32 Å². The van der Waals surface area contributed by atoms with E-state index in [9.17, 15) is 4.79 Å². The standard InChI is InChI=1S/C22H34N6O/c1-16-12-17(13-18-15-24-25-21(16)18)14-20(23-2)22(29)28-10-8-27(9-11-28)19-4-6-26(3)7-5-19/h12-13,15,19-20,23H,4-11,14H2,1-3H3,(H,24,25). The number of benzene rings is 1.